The van der Waals surface area contributed by atoms with E-state index in [1.165, 1.54) is 0 Å². The predicted molar refractivity (Wildman–Crippen MR) is 51.6 cm³/mol. The highest BCUT2D eigenvalue weighted by atomic mass is 35.5. The van der Waals surface area contributed by atoms with Crippen LogP contribution in [0, 0.1) is 0 Å². The van der Waals surface area contributed by atoms with Gasteiger partial charge in [0.05, 0.1) is 6.61 Å². The van der Waals surface area contributed by atoms with E-state index in [1.54, 1.807) is 7.11 Å². The molecule has 0 N–H and O–H groups in total. The van der Waals surface area contributed by atoms with Crippen molar-refractivity contribution in [3.63, 3.8) is 0 Å². The predicted octanol–water partition coefficient (Wildman–Crippen LogP) is 3.31. The number of hydrogen-bond donors (Lipinski definition) is 0. The summed E-state index contributed by atoms with van der Waals surface area (Å²) in [5, 5.41) is 0. The van der Waals surface area contributed by atoms with Gasteiger partial charge in [0.25, 0.3) is 0 Å². The third-order valence-electron chi connectivity index (χ3n) is 1.59. The molecule has 0 atom stereocenters. The first-order chi connectivity index (χ1) is 5.75. The number of methoxy groups -OCH3 is 1. The van der Waals surface area contributed by atoms with E-state index in [0.29, 0.717) is 6.61 Å². The van der Waals surface area contributed by atoms with E-state index < -0.39 is 4.84 Å². The van der Waals surface area contributed by atoms with Crippen molar-refractivity contribution >= 4 is 23.2 Å². The van der Waals surface area contributed by atoms with Crippen molar-refractivity contribution in [3.05, 3.63) is 35.4 Å². The summed E-state index contributed by atoms with van der Waals surface area (Å²) in [4.78, 5) is -0.476. The quantitative estimate of drug-likeness (QED) is 0.687. The highest BCUT2D eigenvalue weighted by Gasteiger charge is 2.07. The Morgan fingerprint density at radius 3 is 2.58 bits per heavy atom. The Labute approximate surface area is 82.2 Å². The zero-order valence-corrected chi connectivity index (χ0v) is 8.27. The molecule has 12 heavy (non-hydrogen) atoms. The maximum Gasteiger partial charge on any atom is 0.133 e. The van der Waals surface area contributed by atoms with Crippen LogP contribution in [0.2, 0.25) is 0 Å². The van der Waals surface area contributed by atoms with E-state index in [-0.39, 0.29) is 0 Å². The lowest BCUT2D eigenvalue weighted by atomic mass is 10.1. The fourth-order valence-corrected chi connectivity index (χ4v) is 1.46. The minimum atomic E-state index is -0.476. The van der Waals surface area contributed by atoms with Crippen LogP contribution in [-0.2, 0) is 11.3 Å². The minimum absolute atomic E-state index is 0.476. The molecule has 0 aliphatic carbocycles. The van der Waals surface area contributed by atoms with Crippen molar-refractivity contribution in [2.45, 2.75) is 11.4 Å². The lowest BCUT2D eigenvalue weighted by Gasteiger charge is -2.08. The number of alkyl halides is 2. The molecule has 0 amide bonds. The molecule has 0 aliphatic rings. The molecule has 0 saturated carbocycles. The fraction of sp³-hybridized carbons (Fsp3) is 0.333. The van der Waals surface area contributed by atoms with Gasteiger partial charge in [-0.1, -0.05) is 24.3 Å². The van der Waals surface area contributed by atoms with E-state index >= 15 is 0 Å². The second-order valence-electron chi connectivity index (χ2n) is 2.43. The van der Waals surface area contributed by atoms with Crippen LogP contribution < -0.4 is 0 Å². The van der Waals surface area contributed by atoms with Gasteiger partial charge < -0.3 is 4.74 Å². The molecule has 0 aromatic heterocycles. The molecule has 0 aliphatic heterocycles. The Kier molecular flexibility index (Phi) is 3.86. The van der Waals surface area contributed by atoms with Crippen LogP contribution in [0.4, 0.5) is 0 Å². The normalized spacial score (nSPS) is 10.7. The molecule has 0 fully saturated rings. The van der Waals surface area contributed by atoms with Crippen molar-refractivity contribution in [2.24, 2.45) is 0 Å². The van der Waals surface area contributed by atoms with Crippen LogP contribution in [0.1, 0.15) is 16.0 Å². The van der Waals surface area contributed by atoms with Crippen LogP contribution >= 0.6 is 23.2 Å². The second-order valence-corrected chi connectivity index (χ2v) is 3.53. The first-order valence-electron chi connectivity index (χ1n) is 3.60. The second kappa shape index (κ2) is 4.70. The summed E-state index contributed by atoms with van der Waals surface area (Å²) in [6, 6.07) is 7.70. The fourth-order valence-electron chi connectivity index (χ4n) is 1.03. The van der Waals surface area contributed by atoms with Crippen LogP contribution in [-0.4, -0.2) is 7.11 Å². The van der Waals surface area contributed by atoms with Crippen molar-refractivity contribution in [1.29, 1.82) is 0 Å². The topological polar surface area (TPSA) is 9.23 Å². The first kappa shape index (κ1) is 9.85. The maximum atomic E-state index is 5.75. The van der Waals surface area contributed by atoms with E-state index in [2.05, 4.69) is 0 Å². The van der Waals surface area contributed by atoms with E-state index in [1.807, 2.05) is 24.3 Å². The molecular formula is C9H10Cl2O. The van der Waals surface area contributed by atoms with E-state index in [4.69, 9.17) is 27.9 Å². The largest absolute Gasteiger partial charge is 0.380 e. The SMILES string of the molecule is COCc1ccccc1C(Cl)Cl. The number of ether oxygens (including phenoxy) is 1. The Morgan fingerprint density at radius 1 is 1.33 bits per heavy atom. The Bertz CT molecular complexity index is 248. The summed E-state index contributed by atoms with van der Waals surface area (Å²) in [5.74, 6) is 0. The molecule has 0 radical (unpaired) electrons. The summed E-state index contributed by atoms with van der Waals surface area (Å²) in [6.45, 7) is 0.548. The Hall–Kier alpha value is -0.240. The number of hydrogen-bond acceptors (Lipinski definition) is 1. The highest BCUT2D eigenvalue weighted by molar-refractivity contribution is 6.44. The van der Waals surface area contributed by atoms with Gasteiger partial charge in [0.2, 0.25) is 0 Å². The lowest BCUT2D eigenvalue weighted by molar-refractivity contribution is 0.184. The summed E-state index contributed by atoms with van der Waals surface area (Å²) >= 11 is 11.5. The molecule has 0 unspecified atom stereocenters. The van der Waals surface area contributed by atoms with Crippen molar-refractivity contribution in [2.75, 3.05) is 7.11 Å². The molecular weight excluding hydrogens is 195 g/mol. The van der Waals surface area contributed by atoms with Gasteiger partial charge in [-0.2, -0.15) is 0 Å². The number of halogens is 2. The van der Waals surface area contributed by atoms with Gasteiger partial charge in [0.1, 0.15) is 4.84 Å². The molecule has 1 aromatic carbocycles. The van der Waals surface area contributed by atoms with Gasteiger partial charge in [0.15, 0.2) is 0 Å². The Balaban J connectivity index is 2.92. The van der Waals surface area contributed by atoms with Crippen LogP contribution in [0.3, 0.4) is 0 Å². The summed E-state index contributed by atoms with van der Waals surface area (Å²) in [7, 11) is 1.65. The monoisotopic (exact) mass is 204 g/mol. The molecule has 66 valence electrons. The van der Waals surface area contributed by atoms with Gasteiger partial charge in [0, 0.05) is 7.11 Å². The molecule has 3 heteroatoms. The average molecular weight is 205 g/mol. The van der Waals surface area contributed by atoms with Crippen molar-refractivity contribution in [3.8, 4) is 0 Å². The van der Waals surface area contributed by atoms with Crippen LogP contribution in [0.25, 0.3) is 0 Å². The van der Waals surface area contributed by atoms with Gasteiger partial charge in [-0.25, -0.2) is 0 Å². The molecule has 0 heterocycles. The maximum absolute atomic E-state index is 5.75. The van der Waals surface area contributed by atoms with Gasteiger partial charge in [-0.15, -0.1) is 23.2 Å². The molecule has 0 bridgehead atoms. The average Bonchev–Trinajstić information content (AvgIpc) is 2.05. The van der Waals surface area contributed by atoms with E-state index in [0.717, 1.165) is 11.1 Å². The Morgan fingerprint density at radius 2 is 2.00 bits per heavy atom. The third kappa shape index (κ3) is 2.37. The van der Waals surface area contributed by atoms with Crippen LogP contribution in [0.15, 0.2) is 24.3 Å². The molecule has 0 spiro atoms. The molecule has 0 saturated heterocycles. The summed E-state index contributed by atoms with van der Waals surface area (Å²) in [6.07, 6.45) is 0. The van der Waals surface area contributed by atoms with Crippen molar-refractivity contribution < 1.29 is 4.74 Å². The lowest BCUT2D eigenvalue weighted by Crippen LogP contribution is -1.94. The summed E-state index contributed by atoms with van der Waals surface area (Å²) in [5.41, 5.74) is 1.96. The smallest absolute Gasteiger partial charge is 0.133 e. The van der Waals surface area contributed by atoms with Gasteiger partial charge in [-0.3, -0.25) is 0 Å². The van der Waals surface area contributed by atoms with E-state index in [9.17, 15) is 0 Å². The first-order valence-corrected chi connectivity index (χ1v) is 4.48. The minimum Gasteiger partial charge on any atom is -0.380 e. The zero-order chi connectivity index (χ0) is 8.97. The third-order valence-corrected chi connectivity index (χ3v) is 2.06. The molecule has 1 aromatic rings. The molecule has 1 nitrogen and oxygen atoms in total. The number of benzene rings is 1. The van der Waals surface area contributed by atoms with Gasteiger partial charge in [-0.05, 0) is 11.1 Å². The number of rotatable bonds is 3. The zero-order valence-electron chi connectivity index (χ0n) is 6.76. The highest BCUT2D eigenvalue weighted by Crippen LogP contribution is 2.27. The van der Waals surface area contributed by atoms with Gasteiger partial charge >= 0.3 is 0 Å². The van der Waals surface area contributed by atoms with Crippen LogP contribution in [0.5, 0.6) is 0 Å². The summed E-state index contributed by atoms with van der Waals surface area (Å²) < 4.78 is 5.00. The molecule has 1 rings (SSSR count). The standard InChI is InChI=1S/C9H10Cl2O/c1-12-6-7-4-2-3-5-8(7)9(10)11/h2-5,9H,6H2,1H3. The van der Waals surface area contributed by atoms with Crippen molar-refractivity contribution in [1.82, 2.24) is 0 Å².